The second kappa shape index (κ2) is 7.56. The lowest BCUT2D eigenvalue weighted by molar-refractivity contribution is -0.384. The van der Waals surface area contributed by atoms with E-state index >= 15 is 0 Å². The molecule has 0 unspecified atom stereocenters. The van der Waals surface area contributed by atoms with Crippen LogP contribution in [0.3, 0.4) is 0 Å². The highest BCUT2D eigenvalue weighted by molar-refractivity contribution is 6.31. The molecule has 2 aromatic carbocycles. The SMILES string of the molecule is O=C(c1cccc([N+](=O)[O-])c1)N(Cc1ccccc1Cl)N1C(=O)[C@H]2[C@H](C1=O)[C@H]1C=C[C@H]2C1. The third-order valence-electron chi connectivity index (χ3n) is 6.50. The number of halogens is 1. The van der Waals surface area contributed by atoms with E-state index in [-0.39, 0.29) is 29.6 Å². The molecule has 2 bridgehead atoms. The summed E-state index contributed by atoms with van der Waals surface area (Å²) in [6.45, 7) is -0.124. The number of fused-ring (bicyclic) bond motifs is 5. The minimum atomic E-state index is -0.685. The van der Waals surface area contributed by atoms with Crippen LogP contribution in [0.5, 0.6) is 0 Å². The van der Waals surface area contributed by atoms with E-state index in [9.17, 15) is 24.5 Å². The van der Waals surface area contributed by atoms with Gasteiger partial charge in [-0.2, -0.15) is 5.01 Å². The number of nitro benzene ring substituents is 1. The first-order valence-electron chi connectivity index (χ1n) is 10.2. The Kier molecular flexibility index (Phi) is 4.82. The molecule has 8 nitrogen and oxygen atoms in total. The third-order valence-corrected chi connectivity index (χ3v) is 6.87. The Hall–Kier alpha value is -3.52. The summed E-state index contributed by atoms with van der Waals surface area (Å²) in [7, 11) is 0. The molecule has 1 aliphatic heterocycles. The van der Waals surface area contributed by atoms with E-state index in [0.29, 0.717) is 10.6 Å². The van der Waals surface area contributed by atoms with E-state index in [1.165, 1.54) is 18.2 Å². The summed E-state index contributed by atoms with van der Waals surface area (Å²) in [4.78, 5) is 50.8. The van der Waals surface area contributed by atoms with Crippen LogP contribution < -0.4 is 0 Å². The first-order valence-corrected chi connectivity index (χ1v) is 10.6. The van der Waals surface area contributed by atoms with Gasteiger partial charge in [0.15, 0.2) is 0 Å². The first kappa shape index (κ1) is 20.4. The maximum absolute atomic E-state index is 13.5. The van der Waals surface area contributed by atoms with Gasteiger partial charge >= 0.3 is 0 Å². The number of hydrogen-bond donors (Lipinski definition) is 0. The largest absolute Gasteiger partial charge is 0.273 e. The molecule has 2 fully saturated rings. The normalized spacial score (nSPS) is 25.3. The second-order valence-corrected chi connectivity index (χ2v) is 8.66. The van der Waals surface area contributed by atoms with Gasteiger partial charge in [0.2, 0.25) is 0 Å². The quantitative estimate of drug-likeness (QED) is 0.299. The molecule has 0 radical (unpaired) electrons. The summed E-state index contributed by atoms with van der Waals surface area (Å²) in [6, 6.07) is 12.1. The first-order chi connectivity index (χ1) is 15.4. The highest BCUT2D eigenvalue weighted by atomic mass is 35.5. The van der Waals surface area contributed by atoms with Crippen LogP contribution in [-0.4, -0.2) is 32.7 Å². The van der Waals surface area contributed by atoms with Crippen molar-refractivity contribution in [3.8, 4) is 0 Å². The van der Waals surface area contributed by atoms with Crippen molar-refractivity contribution in [1.29, 1.82) is 0 Å². The number of hydrazine groups is 1. The van der Waals surface area contributed by atoms with Crippen molar-refractivity contribution >= 4 is 35.0 Å². The lowest BCUT2D eigenvalue weighted by atomic mass is 9.85. The summed E-state index contributed by atoms with van der Waals surface area (Å²) < 4.78 is 0. The highest BCUT2D eigenvalue weighted by Gasteiger charge is 2.61. The van der Waals surface area contributed by atoms with Gasteiger partial charge < -0.3 is 0 Å². The minimum absolute atomic E-state index is 0.00464. The summed E-state index contributed by atoms with van der Waals surface area (Å²) in [5.74, 6) is -2.50. The number of benzene rings is 2. The Morgan fingerprint density at radius 3 is 2.34 bits per heavy atom. The molecule has 3 amide bonds. The van der Waals surface area contributed by atoms with Gasteiger partial charge in [-0.1, -0.05) is 48.0 Å². The number of imide groups is 1. The molecular formula is C23H18ClN3O5. The van der Waals surface area contributed by atoms with Gasteiger partial charge in [0.05, 0.1) is 23.3 Å². The molecule has 1 saturated carbocycles. The van der Waals surface area contributed by atoms with Crippen LogP contribution in [0.25, 0.3) is 0 Å². The fraction of sp³-hybridized carbons (Fsp3) is 0.261. The fourth-order valence-electron chi connectivity index (χ4n) is 5.05. The maximum Gasteiger partial charge on any atom is 0.273 e. The molecule has 4 atom stereocenters. The van der Waals surface area contributed by atoms with Gasteiger partial charge in [0, 0.05) is 22.7 Å². The molecule has 3 aliphatic rings. The number of nitro groups is 1. The van der Waals surface area contributed by atoms with Gasteiger partial charge in [-0.15, -0.1) is 0 Å². The third kappa shape index (κ3) is 3.10. The predicted octanol–water partition coefficient (Wildman–Crippen LogP) is 3.61. The Bertz CT molecular complexity index is 1170. The van der Waals surface area contributed by atoms with Gasteiger partial charge in [0.25, 0.3) is 23.4 Å². The van der Waals surface area contributed by atoms with Crippen molar-refractivity contribution in [3.05, 3.63) is 86.9 Å². The van der Waals surface area contributed by atoms with Crippen LogP contribution in [-0.2, 0) is 16.1 Å². The van der Waals surface area contributed by atoms with Crippen LogP contribution >= 0.6 is 11.6 Å². The Morgan fingerprint density at radius 1 is 1.06 bits per heavy atom. The number of rotatable bonds is 5. The van der Waals surface area contributed by atoms with E-state index < -0.39 is 34.5 Å². The Balaban J connectivity index is 1.55. The summed E-state index contributed by atoms with van der Waals surface area (Å²) >= 11 is 6.29. The molecule has 0 N–H and O–H groups in total. The number of carbonyl (C=O) groups excluding carboxylic acids is 3. The van der Waals surface area contributed by atoms with E-state index in [4.69, 9.17) is 11.6 Å². The monoisotopic (exact) mass is 451 g/mol. The topological polar surface area (TPSA) is 101 Å². The molecule has 5 rings (SSSR count). The number of nitrogens with zero attached hydrogens (tertiary/aromatic N) is 3. The Morgan fingerprint density at radius 2 is 1.72 bits per heavy atom. The number of hydrogen-bond acceptors (Lipinski definition) is 5. The standard InChI is InChI=1S/C23H18ClN3O5/c24-18-7-2-1-4-16(18)12-25(21(28)15-5-3-6-17(11-15)27(31)32)26-22(29)19-13-8-9-14(10-13)20(19)23(26)30/h1-9,11,13-14,19-20H,10,12H2/t13-,14-,19+,20+/m0/s1. The average Bonchev–Trinajstić information content (AvgIpc) is 3.47. The van der Waals surface area contributed by atoms with Crippen molar-refractivity contribution < 1.29 is 19.3 Å². The van der Waals surface area contributed by atoms with Gasteiger partial charge in [-0.25, -0.2) is 5.01 Å². The van der Waals surface area contributed by atoms with Crippen molar-refractivity contribution in [2.45, 2.75) is 13.0 Å². The minimum Gasteiger partial charge on any atom is -0.272 e. The van der Waals surface area contributed by atoms with Crippen molar-refractivity contribution in [2.24, 2.45) is 23.7 Å². The molecule has 162 valence electrons. The number of amides is 3. The van der Waals surface area contributed by atoms with E-state index in [1.807, 2.05) is 12.2 Å². The molecule has 1 heterocycles. The number of allylic oxidation sites excluding steroid dienone is 2. The van der Waals surface area contributed by atoms with Crippen LogP contribution in [0.1, 0.15) is 22.3 Å². The lowest BCUT2D eigenvalue weighted by Crippen LogP contribution is -2.50. The molecule has 9 heteroatoms. The zero-order valence-corrected chi connectivity index (χ0v) is 17.5. The second-order valence-electron chi connectivity index (χ2n) is 8.25. The number of carbonyl (C=O) groups is 3. The predicted molar refractivity (Wildman–Crippen MR) is 114 cm³/mol. The molecular weight excluding hydrogens is 434 g/mol. The zero-order chi connectivity index (χ0) is 22.6. The van der Waals surface area contributed by atoms with Gasteiger partial charge in [-0.3, -0.25) is 24.5 Å². The molecule has 0 spiro atoms. The molecule has 32 heavy (non-hydrogen) atoms. The van der Waals surface area contributed by atoms with Crippen molar-refractivity contribution in [1.82, 2.24) is 10.0 Å². The highest BCUT2D eigenvalue weighted by Crippen LogP contribution is 2.53. The fourth-order valence-corrected chi connectivity index (χ4v) is 5.24. The van der Waals surface area contributed by atoms with Crippen LogP contribution in [0, 0.1) is 33.8 Å². The summed E-state index contributed by atoms with van der Waals surface area (Å²) in [6.07, 6.45) is 4.71. The van der Waals surface area contributed by atoms with E-state index in [1.54, 1.807) is 24.3 Å². The zero-order valence-electron chi connectivity index (χ0n) is 16.8. The maximum atomic E-state index is 13.5. The van der Waals surface area contributed by atoms with Gasteiger partial charge in [0.1, 0.15) is 0 Å². The number of non-ortho nitro benzene ring substituents is 1. The lowest BCUT2D eigenvalue weighted by Gasteiger charge is -2.31. The van der Waals surface area contributed by atoms with Gasteiger partial charge in [-0.05, 0) is 36.0 Å². The van der Waals surface area contributed by atoms with Crippen molar-refractivity contribution in [2.75, 3.05) is 0 Å². The molecule has 0 aromatic heterocycles. The van der Waals surface area contributed by atoms with E-state index in [0.717, 1.165) is 22.5 Å². The van der Waals surface area contributed by atoms with Crippen LogP contribution in [0.4, 0.5) is 5.69 Å². The molecule has 1 saturated heterocycles. The Labute approximate surface area is 188 Å². The van der Waals surface area contributed by atoms with E-state index in [2.05, 4.69) is 0 Å². The average molecular weight is 452 g/mol. The van der Waals surface area contributed by atoms with Crippen LogP contribution in [0.2, 0.25) is 5.02 Å². The summed E-state index contributed by atoms with van der Waals surface area (Å²) in [5, 5.41) is 13.6. The smallest absolute Gasteiger partial charge is 0.272 e. The molecule has 2 aliphatic carbocycles. The summed E-state index contributed by atoms with van der Waals surface area (Å²) in [5.41, 5.74) is 0.295. The van der Waals surface area contributed by atoms with Crippen LogP contribution in [0.15, 0.2) is 60.7 Å². The van der Waals surface area contributed by atoms with Crippen molar-refractivity contribution in [3.63, 3.8) is 0 Å². The molecule has 2 aromatic rings.